The van der Waals surface area contributed by atoms with Crippen LogP contribution in [-0.2, 0) is 0 Å². The minimum Gasteiger partial charge on any atom is -0.373 e. The van der Waals surface area contributed by atoms with Gasteiger partial charge in [-0.1, -0.05) is 22.9 Å². The molecule has 0 amide bonds. The van der Waals surface area contributed by atoms with E-state index in [0.717, 1.165) is 22.1 Å². The highest BCUT2D eigenvalue weighted by atomic mass is 35.5. The Morgan fingerprint density at radius 3 is 2.62 bits per heavy atom. The number of hydrogen-bond acceptors (Lipinski definition) is 5. The van der Waals surface area contributed by atoms with Crippen LogP contribution in [0.2, 0.25) is 4.34 Å². The Hall–Kier alpha value is -1.20. The maximum Gasteiger partial charge on any atom is 0.190 e. The Morgan fingerprint density at radius 1 is 1.31 bits per heavy atom. The van der Waals surface area contributed by atoms with Crippen molar-refractivity contribution in [2.75, 3.05) is 12.4 Å². The summed E-state index contributed by atoms with van der Waals surface area (Å²) in [5.41, 5.74) is 1.99. The molecular formula is C10H11ClN4S. The molecule has 0 bridgehead atoms. The highest BCUT2D eigenvalue weighted by molar-refractivity contribution is 7.18. The summed E-state index contributed by atoms with van der Waals surface area (Å²) in [4.78, 5) is 13.0. The molecule has 6 heteroatoms. The molecule has 0 aromatic carbocycles. The molecule has 16 heavy (non-hydrogen) atoms. The Balaban J connectivity index is 2.54. The molecule has 2 aromatic heterocycles. The number of nitrogens with one attached hydrogen (secondary N) is 1. The molecule has 0 unspecified atom stereocenters. The SMILES string of the molecule is CNc1nc(-c2ncc(Cl)s2)nc(C)c1C. The van der Waals surface area contributed by atoms with Gasteiger partial charge in [-0.3, -0.25) is 0 Å². The van der Waals surface area contributed by atoms with Crippen molar-refractivity contribution >= 4 is 28.8 Å². The fraction of sp³-hybridized carbons (Fsp3) is 0.300. The van der Waals surface area contributed by atoms with Gasteiger partial charge in [0.25, 0.3) is 0 Å². The van der Waals surface area contributed by atoms with E-state index >= 15 is 0 Å². The lowest BCUT2D eigenvalue weighted by atomic mass is 10.2. The predicted octanol–water partition coefficient (Wildman–Crippen LogP) is 2.91. The third-order valence-electron chi connectivity index (χ3n) is 2.29. The summed E-state index contributed by atoms with van der Waals surface area (Å²) >= 11 is 7.22. The second-order valence-corrected chi connectivity index (χ2v) is 4.99. The Bertz CT molecular complexity index is 524. The molecule has 0 saturated carbocycles. The van der Waals surface area contributed by atoms with Gasteiger partial charge in [0.05, 0.1) is 6.20 Å². The van der Waals surface area contributed by atoms with Crippen LogP contribution in [0.4, 0.5) is 5.82 Å². The molecule has 0 fully saturated rings. The van der Waals surface area contributed by atoms with E-state index in [9.17, 15) is 0 Å². The number of rotatable bonds is 2. The molecule has 1 N–H and O–H groups in total. The largest absolute Gasteiger partial charge is 0.373 e. The van der Waals surface area contributed by atoms with Gasteiger partial charge in [0, 0.05) is 18.3 Å². The summed E-state index contributed by atoms with van der Waals surface area (Å²) in [6, 6.07) is 0. The Morgan fingerprint density at radius 2 is 2.06 bits per heavy atom. The first-order chi connectivity index (χ1) is 7.61. The maximum absolute atomic E-state index is 5.84. The predicted molar refractivity (Wildman–Crippen MR) is 67.2 cm³/mol. The molecule has 4 nitrogen and oxygen atoms in total. The lowest BCUT2D eigenvalue weighted by molar-refractivity contribution is 1.06. The zero-order valence-corrected chi connectivity index (χ0v) is 10.8. The summed E-state index contributed by atoms with van der Waals surface area (Å²) in [5, 5.41) is 3.79. The second kappa shape index (κ2) is 4.35. The fourth-order valence-electron chi connectivity index (χ4n) is 1.33. The van der Waals surface area contributed by atoms with Crippen LogP contribution in [0.1, 0.15) is 11.3 Å². The van der Waals surface area contributed by atoms with Crippen LogP contribution >= 0.6 is 22.9 Å². The molecule has 0 saturated heterocycles. The Labute approximate surface area is 103 Å². The van der Waals surface area contributed by atoms with Gasteiger partial charge in [-0.25, -0.2) is 15.0 Å². The van der Waals surface area contributed by atoms with Crippen LogP contribution in [-0.4, -0.2) is 22.0 Å². The summed E-state index contributed by atoms with van der Waals surface area (Å²) in [5.74, 6) is 1.44. The number of anilines is 1. The van der Waals surface area contributed by atoms with Crippen molar-refractivity contribution in [1.29, 1.82) is 0 Å². The van der Waals surface area contributed by atoms with Crippen molar-refractivity contribution in [2.24, 2.45) is 0 Å². The summed E-state index contributed by atoms with van der Waals surface area (Å²) < 4.78 is 0.642. The maximum atomic E-state index is 5.84. The first kappa shape index (κ1) is 11.3. The molecule has 0 aliphatic heterocycles. The first-order valence-electron chi connectivity index (χ1n) is 4.76. The third-order valence-corrected chi connectivity index (χ3v) is 3.41. The van der Waals surface area contributed by atoms with Gasteiger partial charge in [0.1, 0.15) is 10.2 Å². The highest BCUT2D eigenvalue weighted by Crippen LogP contribution is 2.27. The van der Waals surface area contributed by atoms with E-state index in [2.05, 4.69) is 20.3 Å². The summed E-state index contributed by atoms with van der Waals surface area (Å²) in [7, 11) is 1.84. The molecule has 0 atom stereocenters. The van der Waals surface area contributed by atoms with Crippen molar-refractivity contribution in [2.45, 2.75) is 13.8 Å². The van der Waals surface area contributed by atoms with Crippen molar-refractivity contribution in [3.8, 4) is 10.8 Å². The summed E-state index contributed by atoms with van der Waals surface area (Å²) in [6.45, 7) is 3.94. The second-order valence-electron chi connectivity index (χ2n) is 3.33. The van der Waals surface area contributed by atoms with Crippen molar-refractivity contribution in [3.63, 3.8) is 0 Å². The zero-order valence-electron chi connectivity index (χ0n) is 9.21. The van der Waals surface area contributed by atoms with Gasteiger partial charge < -0.3 is 5.32 Å². The van der Waals surface area contributed by atoms with Crippen molar-refractivity contribution in [3.05, 3.63) is 21.8 Å². The van der Waals surface area contributed by atoms with Gasteiger partial charge in [-0.05, 0) is 13.8 Å². The number of aryl methyl sites for hydroxylation is 1. The highest BCUT2D eigenvalue weighted by Gasteiger charge is 2.11. The normalized spacial score (nSPS) is 10.5. The van der Waals surface area contributed by atoms with E-state index in [1.807, 2.05) is 20.9 Å². The summed E-state index contributed by atoms with van der Waals surface area (Å²) in [6.07, 6.45) is 1.61. The quantitative estimate of drug-likeness (QED) is 0.895. The molecule has 0 spiro atoms. The number of nitrogens with zero attached hydrogens (tertiary/aromatic N) is 3. The molecule has 2 heterocycles. The zero-order chi connectivity index (χ0) is 11.7. The number of halogens is 1. The van der Waals surface area contributed by atoms with Crippen LogP contribution in [0.3, 0.4) is 0 Å². The van der Waals surface area contributed by atoms with Gasteiger partial charge in [-0.2, -0.15) is 0 Å². The number of aromatic nitrogens is 3. The number of hydrogen-bond donors (Lipinski definition) is 1. The first-order valence-corrected chi connectivity index (χ1v) is 5.96. The van der Waals surface area contributed by atoms with E-state index in [1.165, 1.54) is 11.3 Å². The van der Waals surface area contributed by atoms with Gasteiger partial charge in [-0.15, -0.1) is 0 Å². The standard InChI is InChI=1S/C10H11ClN4S/c1-5-6(2)14-9(15-8(5)12-3)10-13-4-7(11)16-10/h4H,1-3H3,(H,12,14,15). The van der Waals surface area contributed by atoms with E-state index in [4.69, 9.17) is 11.6 Å². The van der Waals surface area contributed by atoms with Crippen LogP contribution < -0.4 is 5.32 Å². The molecule has 2 rings (SSSR count). The van der Waals surface area contributed by atoms with Crippen molar-refractivity contribution < 1.29 is 0 Å². The van der Waals surface area contributed by atoms with Crippen LogP contribution in [0.15, 0.2) is 6.20 Å². The smallest absolute Gasteiger partial charge is 0.190 e. The molecule has 0 aliphatic rings. The van der Waals surface area contributed by atoms with Crippen LogP contribution in [0.5, 0.6) is 0 Å². The van der Waals surface area contributed by atoms with Crippen LogP contribution in [0.25, 0.3) is 10.8 Å². The molecule has 0 radical (unpaired) electrons. The fourth-order valence-corrected chi connectivity index (χ4v) is 2.17. The van der Waals surface area contributed by atoms with E-state index < -0.39 is 0 Å². The van der Waals surface area contributed by atoms with Crippen molar-refractivity contribution in [1.82, 2.24) is 15.0 Å². The minimum atomic E-state index is 0.615. The molecule has 84 valence electrons. The number of thiazole rings is 1. The topological polar surface area (TPSA) is 50.7 Å². The lowest BCUT2D eigenvalue weighted by Crippen LogP contribution is -2.02. The van der Waals surface area contributed by atoms with Gasteiger partial charge in [0.2, 0.25) is 0 Å². The monoisotopic (exact) mass is 254 g/mol. The van der Waals surface area contributed by atoms with Crippen LogP contribution in [0, 0.1) is 13.8 Å². The third kappa shape index (κ3) is 2.01. The minimum absolute atomic E-state index is 0.615. The Kier molecular flexibility index (Phi) is 3.07. The van der Waals surface area contributed by atoms with Gasteiger partial charge >= 0.3 is 0 Å². The van der Waals surface area contributed by atoms with E-state index in [1.54, 1.807) is 6.20 Å². The molecule has 0 aliphatic carbocycles. The van der Waals surface area contributed by atoms with Gasteiger partial charge in [0.15, 0.2) is 10.8 Å². The van der Waals surface area contributed by atoms with E-state index in [0.29, 0.717) is 10.2 Å². The molecular weight excluding hydrogens is 244 g/mol. The average Bonchev–Trinajstić information content (AvgIpc) is 2.69. The van der Waals surface area contributed by atoms with E-state index in [-0.39, 0.29) is 0 Å². The lowest BCUT2D eigenvalue weighted by Gasteiger charge is -2.07. The molecule has 2 aromatic rings. The average molecular weight is 255 g/mol.